The van der Waals surface area contributed by atoms with E-state index in [4.69, 9.17) is 4.74 Å². The highest BCUT2D eigenvalue weighted by Crippen LogP contribution is 2.35. The SMILES string of the molecule is COC(=O)CC[C@@H](NC(=O)c1c(C)[nH]c(/C=C2\C(=O)Nc3ccc(C(=O)N[C@@H](Cc4ccccc4)C(=O)O)cc32)c1C)C(=O)OC. The zero-order valence-corrected chi connectivity index (χ0v) is 25.7. The number of hydrogen-bond acceptors (Lipinski definition) is 8. The second kappa shape index (κ2) is 14.4. The molecule has 2 aromatic carbocycles. The summed E-state index contributed by atoms with van der Waals surface area (Å²) in [6, 6.07) is 11.2. The minimum atomic E-state index is -1.19. The maximum Gasteiger partial charge on any atom is 0.328 e. The number of anilines is 1. The molecule has 13 nitrogen and oxygen atoms in total. The lowest BCUT2D eigenvalue weighted by Crippen LogP contribution is -2.42. The number of fused-ring (bicyclic) bond motifs is 1. The van der Waals surface area contributed by atoms with Crippen LogP contribution in [0.1, 0.15) is 61.6 Å². The number of carboxylic acid groups (broad SMARTS) is 1. The number of H-pyrrole nitrogens is 1. The average Bonchev–Trinajstić information content (AvgIpc) is 3.51. The Morgan fingerprint density at radius 2 is 1.63 bits per heavy atom. The summed E-state index contributed by atoms with van der Waals surface area (Å²) in [6.07, 6.45) is 1.49. The Morgan fingerprint density at radius 1 is 0.935 bits per heavy atom. The number of ether oxygens (including phenoxy) is 2. The van der Waals surface area contributed by atoms with Crippen molar-refractivity contribution >= 4 is 53.0 Å². The van der Waals surface area contributed by atoms with E-state index in [1.165, 1.54) is 26.4 Å². The van der Waals surface area contributed by atoms with Gasteiger partial charge >= 0.3 is 17.9 Å². The van der Waals surface area contributed by atoms with Gasteiger partial charge in [0.25, 0.3) is 17.7 Å². The molecule has 0 fully saturated rings. The number of carboxylic acids is 1. The topological polar surface area (TPSA) is 193 Å². The van der Waals surface area contributed by atoms with E-state index in [-0.39, 0.29) is 36.0 Å². The molecule has 3 aromatic rings. The number of amides is 3. The smallest absolute Gasteiger partial charge is 0.328 e. The monoisotopic (exact) mass is 630 g/mol. The summed E-state index contributed by atoms with van der Waals surface area (Å²) in [7, 11) is 2.39. The predicted octanol–water partition coefficient (Wildman–Crippen LogP) is 2.77. The van der Waals surface area contributed by atoms with Crippen LogP contribution in [-0.2, 0) is 35.1 Å². The van der Waals surface area contributed by atoms with Crippen molar-refractivity contribution < 1.29 is 43.3 Å². The first-order valence-electron chi connectivity index (χ1n) is 14.3. The van der Waals surface area contributed by atoms with Crippen molar-refractivity contribution in [2.45, 2.75) is 45.2 Å². The van der Waals surface area contributed by atoms with E-state index in [0.717, 1.165) is 5.56 Å². The van der Waals surface area contributed by atoms with Crippen LogP contribution < -0.4 is 16.0 Å². The number of aromatic amines is 1. The van der Waals surface area contributed by atoms with Crippen molar-refractivity contribution in [1.29, 1.82) is 0 Å². The minimum Gasteiger partial charge on any atom is -0.480 e. The van der Waals surface area contributed by atoms with E-state index in [1.54, 1.807) is 50.3 Å². The Hall–Kier alpha value is -5.72. The number of aliphatic carboxylic acids is 1. The number of carbonyl (C=O) groups is 6. The van der Waals surface area contributed by atoms with Gasteiger partial charge in [-0.1, -0.05) is 30.3 Å². The van der Waals surface area contributed by atoms with E-state index in [0.29, 0.717) is 28.2 Å². The third kappa shape index (κ3) is 7.49. The molecular weight excluding hydrogens is 596 g/mol. The molecule has 1 aliphatic rings. The van der Waals surface area contributed by atoms with Gasteiger partial charge < -0.3 is 35.5 Å². The van der Waals surface area contributed by atoms with Gasteiger partial charge in [-0.3, -0.25) is 19.2 Å². The van der Waals surface area contributed by atoms with Crippen molar-refractivity contribution in [2.24, 2.45) is 0 Å². The van der Waals surface area contributed by atoms with E-state index in [2.05, 4.69) is 25.7 Å². The Labute approximate surface area is 264 Å². The van der Waals surface area contributed by atoms with Gasteiger partial charge in [0, 0.05) is 41.0 Å². The Morgan fingerprint density at radius 3 is 2.28 bits per heavy atom. The zero-order chi connectivity index (χ0) is 33.5. The molecule has 13 heteroatoms. The third-order valence-corrected chi connectivity index (χ3v) is 7.60. The van der Waals surface area contributed by atoms with Crippen molar-refractivity contribution in [3.8, 4) is 0 Å². The predicted molar refractivity (Wildman–Crippen MR) is 167 cm³/mol. The van der Waals surface area contributed by atoms with Crippen LogP contribution in [0.3, 0.4) is 0 Å². The number of hydrogen-bond donors (Lipinski definition) is 5. The van der Waals surface area contributed by atoms with Crippen molar-refractivity contribution in [3.63, 3.8) is 0 Å². The van der Waals surface area contributed by atoms with Crippen LogP contribution in [0.5, 0.6) is 0 Å². The van der Waals surface area contributed by atoms with Gasteiger partial charge in [0.05, 0.1) is 25.4 Å². The summed E-state index contributed by atoms with van der Waals surface area (Å²) in [5, 5.41) is 17.6. The number of esters is 2. The molecule has 2 atom stereocenters. The van der Waals surface area contributed by atoms with E-state index >= 15 is 0 Å². The molecule has 5 N–H and O–H groups in total. The molecule has 3 amide bonds. The van der Waals surface area contributed by atoms with Crippen molar-refractivity contribution in [1.82, 2.24) is 15.6 Å². The molecule has 0 saturated carbocycles. The van der Waals surface area contributed by atoms with Crippen LogP contribution in [0.25, 0.3) is 11.6 Å². The van der Waals surface area contributed by atoms with Gasteiger partial charge in [0.1, 0.15) is 12.1 Å². The zero-order valence-electron chi connectivity index (χ0n) is 25.7. The number of nitrogens with one attached hydrogen (secondary N) is 4. The largest absolute Gasteiger partial charge is 0.480 e. The van der Waals surface area contributed by atoms with Gasteiger partial charge in [0.15, 0.2) is 0 Å². The number of rotatable bonds is 12. The van der Waals surface area contributed by atoms with Crippen LogP contribution in [0.2, 0.25) is 0 Å². The molecule has 0 bridgehead atoms. The summed E-state index contributed by atoms with van der Waals surface area (Å²) in [5.74, 6) is -4.10. The molecule has 0 radical (unpaired) electrons. The standard InChI is InChI=1S/C33H34N4O9/c1-17-25(34-18(2)28(17)31(41)36-24(33(44)46-4)12-13-27(38)45-3)16-22-21-15-20(10-11-23(21)35-30(22)40)29(39)37-26(32(42)43)14-19-8-6-5-7-9-19/h5-11,15-16,24,26,34H,12-14H2,1-4H3,(H,35,40)(H,36,41)(H,37,39)(H,42,43)/b22-16-/t24-,26+/m1/s1. The van der Waals surface area contributed by atoms with E-state index < -0.39 is 47.7 Å². The van der Waals surface area contributed by atoms with Crippen molar-refractivity contribution in [3.05, 3.63) is 87.7 Å². The number of aromatic nitrogens is 1. The highest BCUT2D eigenvalue weighted by atomic mass is 16.5. The van der Waals surface area contributed by atoms with Crippen molar-refractivity contribution in [2.75, 3.05) is 19.5 Å². The molecular formula is C33H34N4O9. The Bertz CT molecular complexity index is 1730. The summed E-state index contributed by atoms with van der Waals surface area (Å²) >= 11 is 0. The van der Waals surface area contributed by atoms with Crippen LogP contribution in [0.15, 0.2) is 48.5 Å². The van der Waals surface area contributed by atoms with Crippen LogP contribution in [0.4, 0.5) is 5.69 Å². The fraction of sp³-hybridized carbons (Fsp3) is 0.273. The summed E-state index contributed by atoms with van der Waals surface area (Å²) < 4.78 is 9.39. The summed E-state index contributed by atoms with van der Waals surface area (Å²) in [5.41, 5.74) is 3.61. The summed E-state index contributed by atoms with van der Waals surface area (Å²) in [6.45, 7) is 3.33. The third-order valence-electron chi connectivity index (χ3n) is 7.60. The highest BCUT2D eigenvalue weighted by Gasteiger charge is 2.29. The molecule has 46 heavy (non-hydrogen) atoms. The lowest BCUT2D eigenvalue weighted by Gasteiger charge is -2.16. The van der Waals surface area contributed by atoms with Crippen LogP contribution >= 0.6 is 0 Å². The molecule has 1 aliphatic heterocycles. The first-order chi connectivity index (χ1) is 21.9. The minimum absolute atomic E-state index is 0.0309. The normalized spacial score (nSPS) is 14.1. The van der Waals surface area contributed by atoms with Gasteiger partial charge in [-0.25, -0.2) is 9.59 Å². The number of aryl methyl sites for hydroxylation is 1. The van der Waals surface area contributed by atoms with Crippen LogP contribution in [0, 0.1) is 13.8 Å². The van der Waals surface area contributed by atoms with Gasteiger partial charge in [0.2, 0.25) is 0 Å². The molecule has 0 saturated heterocycles. The molecule has 1 aromatic heterocycles. The molecule has 4 rings (SSSR count). The number of methoxy groups -OCH3 is 2. The van der Waals surface area contributed by atoms with Gasteiger partial charge in [-0.05, 0) is 55.7 Å². The fourth-order valence-corrected chi connectivity index (χ4v) is 5.15. The lowest BCUT2D eigenvalue weighted by molar-refractivity contribution is -0.144. The Kier molecular flexibility index (Phi) is 10.4. The average molecular weight is 631 g/mol. The second-order valence-corrected chi connectivity index (χ2v) is 10.7. The highest BCUT2D eigenvalue weighted by molar-refractivity contribution is 6.35. The fourth-order valence-electron chi connectivity index (χ4n) is 5.15. The first-order valence-corrected chi connectivity index (χ1v) is 14.3. The first kappa shape index (κ1) is 33.2. The Balaban J connectivity index is 1.58. The number of carbonyl (C=O) groups excluding carboxylic acids is 5. The number of benzene rings is 2. The van der Waals surface area contributed by atoms with Crippen LogP contribution in [-0.4, -0.2) is 72.0 Å². The quantitative estimate of drug-likeness (QED) is 0.148. The molecule has 0 spiro atoms. The second-order valence-electron chi connectivity index (χ2n) is 10.7. The van der Waals surface area contributed by atoms with Gasteiger partial charge in [-0.15, -0.1) is 0 Å². The maximum atomic E-state index is 13.3. The molecule has 0 unspecified atom stereocenters. The molecule has 240 valence electrons. The molecule has 0 aliphatic carbocycles. The van der Waals surface area contributed by atoms with E-state index in [9.17, 15) is 33.9 Å². The maximum absolute atomic E-state index is 13.3. The van der Waals surface area contributed by atoms with E-state index in [1.807, 2.05) is 6.07 Å². The summed E-state index contributed by atoms with van der Waals surface area (Å²) in [4.78, 5) is 78.3. The van der Waals surface area contributed by atoms with Gasteiger partial charge in [-0.2, -0.15) is 0 Å². The molecule has 2 heterocycles. The lowest BCUT2D eigenvalue weighted by atomic mass is 10.0.